The number of halogens is 1. The van der Waals surface area contributed by atoms with Gasteiger partial charge in [0, 0.05) is 0 Å². The second-order valence-corrected chi connectivity index (χ2v) is 3.73. The van der Waals surface area contributed by atoms with E-state index in [0.29, 0.717) is 5.92 Å². The van der Waals surface area contributed by atoms with Gasteiger partial charge in [0.05, 0.1) is 11.5 Å². The summed E-state index contributed by atoms with van der Waals surface area (Å²) in [5, 5.41) is 9.36. The lowest BCUT2D eigenvalue weighted by atomic mass is 9.85. The number of alkyl halides is 1. The van der Waals surface area contributed by atoms with Gasteiger partial charge in [-0.2, -0.15) is 0 Å². The van der Waals surface area contributed by atoms with Crippen LogP contribution in [0, 0.1) is 5.92 Å². The van der Waals surface area contributed by atoms with E-state index < -0.39 is 0 Å². The summed E-state index contributed by atoms with van der Waals surface area (Å²) in [7, 11) is 0. The van der Waals surface area contributed by atoms with Crippen molar-refractivity contribution in [3.8, 4) is 0 Å². The molecule has 0 heterocycles. The minimum Gasteiger partial charge on any atom is -0.392 e. The van der Waals surface area contributed by atoms with Gasteiger partial charge in [-0.3, -0.25) is 0 Å². The molecule has 1 fully saturated rings. The van der Waals surface area contributed by atoms with Gasteiger partial charge in [-0.15, -0.1) is 11.6 Å². The monoisotopic (exact) mass is 162 g/mol. The Bertz CT molecular complexity index is 105. The SMILES string of the molecule is CCC1CCC(Cl)C(O)C1. The molecule has 60 valence electrons. The van der Waals surface area contributed by atoms with Gasteiger partial charge in [0.2, 0.25) is 0 Å². The number of hydrogen-bond donors (Lipinski definition) is 1. The predicted molar refractivity (Wildman–Crippen MR) is 43.3 cm³/mol. The van der Waals surface area contributed by atoms with Crippen molar-refractivity contribution >= 4 is 11.6 Å². The molecule has 0 aromatic carbocycles. The van der Waals surface area contributed by atoms with E-state index in [1.54, 1.807) is 0 Å². The molecule has 0 amide bonds. The summed E-state index contributed by atoms with van der Waals surface area (Å²) in [4.78, 5) is 0. The first-order chi connectivity index (χ1) is 4.74. The quantitative estimate of drug-likeness (QED) is 0.586. The Morgan fingerprint density at radius 3 is 2.70 bits per heavy atom. The highest BCUT2D eigenvalue weighted by Crippen LogP contribution is 2.29. The fraction of sp³-hybridized carbons (Fsp3) is 1.00. The summed E-state index contributed by atoms with van der Waals surface area (Å²) in [5.41, 5.74) is 0. The molecule has 3 atom stereocenters. The molecule has 0 aromatic heterocycles. The summed E-state index contributed by atoms with van der Waals surface area (Å²) in [6.07, 6.45) is 4.02. The summed E-state index contributed by atoms with van der Waals surface area (Å²) < 4.78 is 0. The Labute approximate surface area is 67.4 Å². The highest BCUT2D eigenvalue weighted by Gasteiger charge is 2.26. The molecule has 1 aliphatic carbocycles. The lowest BCUT2D eigenvalue weighted by Gasteiger charge is -2.28. The zero-order chi connectivity index (χ0) is 7.56. The lowest BCUT2D eigenvalue weighted by Crippen LogP contribution is -2.29. The van der Waals surface area contributed by atoms with Crippen molar-refractivity contribution in [3.05, 3.63) is 0 Å². The zero-order valence-corrected chi connectivity index (χ0v) is 7.14. The van der Waals surface area contributed by atoms with Gasteiger partial charge >= 0.3 is 0 Å². The fourth-order valence-electron chi connectivity index (χ4n) is 1.57. The molecule has 1 nitrogen and oxygen atoms in total. The number of aliphatic hydroxyl groups excluding tert-OH is 1. The lowest BCUT2D eigenvalue weighted by molar-refractivity contribution is 0.104. The average molecular weight is 163 g/mol. The molecular weight excluding hydrogens is 148 g/mol. The van der Waals surface area contributed by atoms with Crippen LogP contribution in [0.15, 0.2) is 0 Å². The molecule has 2 heteroatoms. The smallest absolute Gasteiger partial charge is 0.0706 e. The fourth-order valence-corrected chi connectivity index (χ4v) is 1.79. The van der Waals surface area contributed by atoms with Crippen LogP contribution in [0.25, 0.3) is 0 Å². The molecule has 0 spiro atoms. The molecule has 1 N–H and O–H groups in total. The molecule has 3 unspecified atom stereocenters. The molecule has 0 bridgehead atoms. The van der Waals surface area contributed by atoms with Crippen LogP contribution in [0.4, 0.5) is 0 Å². The zero-order valence-electron chi connectivity index (χ0n) is 6.39. The predicted octanol–water partition coefficient (Wildman–Crippen LogP) is 2.16. The van der Waals surface area contributed by atoms with Crippen LogP contribution in [-0.2, 0) is 0 Å². The third kappa shape index (κ3) is 1.86. The minimum absolute atomic E-state index is 0.0165. The number of hydrogen-bond acceptors (Lipinski definition) is 1. The maximum atomic E-state index is 9.35. The molecule has 1 aliphatic rings. The Balaban J connectivity index is 2.33. The molecule has 10 heavy (non-hydrogen) atoms. The van der Waals surface area contributed by atoms with E-state index in [9.17, 15) is 5.11 Å². The van der Waals surface area contributed by atoms with E-state index in [4.69, 9.17) is 11.6 Å². The van der Waals surface area contributed by atoms with Crippen LogP contribution in [0.1, 0.15) is 32.6 Å². The molecule has 1 rings (SSSR count). The van der Waals surface area contributed by atoms with Crippen molar-refractivity contribution in [1.82, 2.24) is 0 Å². The minimum atomic E-state index is -0.250. The van der Waals surface area contributed by atoms with Crippen molar-refractivity contribution in [2.75, 3.05) is 0 Å². The Kier molecular flexibility index (Phi) is 2.99. The van der Waals surface area contributed by atoms with Crippen molar-refractivity contribution in [2.24, 2.45) is 5.92 Å². The van der Waals surface area contributed by atoms with Crippen LogP contribution < -0.4 is 0 Å². The van der Waals surface area contributed by atoms with Crippen LogP contribution in [-0.4, -0.2) is 16.6 Å². The molecule has 1 saturated carbocycles. The third-order valence-electron chi connectivity index (χ3n) is 2.42. The summed E-state index contributed by atoms with van der Waals surface area (Å²) in [6, 6.07) is 0. The Morgan fingerprint density at radius 2 is 2.20 bits per heavy atom. The van der Waals surface area contributed by atoms with Crippen molar-refractivity contribution in [2.45, 2.75) is 44.1 Å². The first-order valence-electron chi connectivity index (χ1n) is 4.06. The molecule has 0 saturated heterocycles. The van der Waals surface area contributed by atoms with E-state index in [-0.39, 0.29) is 11.5 Å². The van der Waals surface area contributed by atoms with E-state index in [0.717, 1.165) is 12.8 Å². The maximum absolute atomic E-state index is 9.35. The van der Waals surface area contributed by atoms with Crippen molar-refractivity contribution in [3.63, 3.8) is 0 Å². The molecule has 0 radical (unpaired) electrons. The van der Waals surface area contributed by atoms with E-state index in [1.807, 2.05) is 0 Å². The number of aliphatic hydroxyl groups is 1. The molecule has 0 aromatic rings. The van der Waals surface area contributed by atoms with Gasteiger partial charge < -0.3 is 5.11 Å². The number of rotatable bonds is 1. The van der Waals surface area contributed by atoms with Gasteiger partial charge in [-0.1, -0.05) is 13.3 Å². The first kappa shape index (κ1) is 8.35. The maximum Gasteiger partial charge on any atom is 0.0706 e. The Morgan fingerprint density at radius 1 is 1.50 bits per heavy atom. The van der Waals surface area contributed by atoms with Gasteiger partial charge in [0.25, 0.3) is 0 Å². The second kappa shape index (κ2) is 3.59. The molecular formula is C8H15ClO. The standard InChI is InChI=1S/C8H15ClO/c1-2-6-3-4-7(9)8(10)5-6/h6-8,10H,2-5H2,1H3. The van der Waals surface area contributed by atoms with Gasteiger partial charge in [-0.05, 0) is 25.2 Å². The Hall–Kier alpha value is 0.250. The van der Waals surface area contributed by atoms with Crippen LogP contribution in [0.5, 0.6) is 0 Å². The summed E-state index contributed by atoms with van der Waals surface area (Å²) in [6.45, 7) is 2.17. The summed E-state index contributed by atoms with van der Waals surface area (Å²) in [5.74, 6) is 0.713. The van der Waals surface area contributed by atoms with Crippen LogP contribution in [0.2, 0.25) is 0 Å². The van der Waals surface area contributed by atoms with Crippen LogP contribution in [0.3, 0.4) is 0 Å². The van der Waals surface area contributed by atoms with Crippen LogP contribution >= 0.6 is 11.6 Å². The van der Waals surface area contributed by atoms with E-state index >= 15 is 0 Å². The van der Waals surface area contributed by atoms with E-state index in [1.165, 1.54) is 12.8 Å². The second-order valence-electron chi connectivity index (χ2n) is 3.17. The van der Waals surface area contributed by atoms with Gasteiger partial charge in [0.15, 0.2) is 0 Å². The largest absolute Gasteiger partial charge is 0.392 e. The van der Waals surface area contributed by atoms with Gasteiger partial charge in [-0.25, -0.2) is 0 Å². The van der Waals surface area contributed by atoms with Crippen molar-refractivity contribution < 1.29 is 5.11 Å². The summed E-state index contributed by atoms with van der Waals surface area (Å²) >= 11 is 5.84. The molecule has 0 aliphatic heterocycles. The third-order valence-corrected chi connectivity index (χ3v) is 2.93. The van der Waals surface area contributed by atoms with E-state index in [2.05, 4.69) is 6.92 Å². The normalized spacial score (nSPS) is 41.7. The average Bonchev–Trinajstić information content (AvgIpc) is 1.95. The van der Waals surface area contributed by atoms with Gasteiger partial charge in [0.1, 0.15) is 0 Å². The highest BCUT2D eigenvalue weighted by molar-refractivity contribution is 6.21. The van der Waals surface area contributed by atoms with Crippen molar-refractivity contribution in [1.29, 1.82) is 0 Å². The highest BCUT2D eigenvalue weighted by atomic mass is 35.5. The topological polar surface area (TPSA) is 20.2 Å². The first-order valence-corrected chi connectivity index (χ1v) is 4.49.